The number of H-pyrrole nitrogens is 1. The maximum Gasteiger partial charge on any atom is 0.139 e. The van der Waals surface area contributed by atoms with Gasteiger partial charge in [0.15, 0.2) is 0 Å². The van der Waals surface area contributed by atoms with E-state index in [2.05, 4.69) is 24.9 Å². The second-order valence-corrected chi connectivity index (χ2v) is 6.24. The number of halogens is 1. The van der Waals surface area contributed by atoms with Crippen LogP contribution < -0.4 is 9.47 Å². The molecule has 0 aliphatic rings. The Hall–Kier alpha value is -3.45. The van der Waals surface area contributed by atoms with Crippen LogP contribution in [0, 0.1) is 0 Å². The van der Waals surface area contributed by atoms with Gasteiger partial charge in [-0.2, -0.15) is 0 Å². The molecule has 28 heavy (non-hydrogen) atoms. The number of pyridine rings is 1. The Bertz CT molecular complexity index is 1070. The normalized spacial score (nSPS) is 10.6. The number of benzene rings is 1. The fraction of sp³-hybridized carbons (Fsp3) is 0.100. The molecule has 0 fully saturated rings. The number of imidazole rings is 1. The first-order valence-corrected chi connectivity index (χ1v) is 8.84. The number of nitrogens with one attached hydrogen (secondary N) is 1. The average molecular weight is 394 g/mol. The summed E-state index contributed by atoms with van der Waals surface area (Å²) < 4.78 is 11.3. The van der Waals surface area contributed by atoms with E-state index in [1.165, 1.54) is 6.33 Å². The van der Waals surface area contributed by atoms with Gasteiger partial charge in [0.2, 0.25) is 0 Å². The first kappa shape index (κ1) is 17.9. The highest BCUT2D eigenvalue weighted by atomic mass is 35.5. The van der Waals surface area contributed by atoms with Crippen LogP contribution in [0.3, 0.4) is 0 Å². The Labute approximate surface area is 166 Å². The molecule has 3 aromatic heterocycles. The van der Waals surface area contributed by atoms with Crippen LogP contribution in [0.1, 0.15) is 5.69 Å². The van der Waals surface area contributed by atoms with Gasteiger partial charge in [-0.15, -0.1) is 0 Å². The summed E-state index contributed by atoms with van der Waals surface area (Å²) in [5.41, 5.74) is 3.25. The molecular formula is C20H16ClN5O2. The van der Waals surface area contributed by atoms with E-state index in [-0.39, 0.29) is 0 Å². The van der Waals surface area contributed by atoms with Gasteiger partial charge >= 0.3 is 0 Å². The number of hydrogen-bond donors (Lipinski definition) is 1. The molecule has 0 aliphatic carbocycles. The van der Waals surface area contributed by atoms with E-state index < -0.39 is 0 Å². The molecule has 8 heteroatoms. The first-order valence-electron chi connectivity index (χ1n) is 8.46. The van der Waals surface area contributed by atoms with Gasteiger partial charge in [0.1, 0.15) is 35.4 Å². The third-order valence-electron chi connectivity index (χ3n) is 4.06. The highest BCUT2D eigenvalue weighted by molar-refractivity contribution is 6.29. The number of hydrogen-bond acceptors (Lipinski definition) is 6. The number of methoxy groups -OCH3 is 1. The lowest BCUT2D eigenvalue weighted by Crippen LogP contribution is -1.99. The molecule has 4 rings (SSSR count). The molecular weight excluding hydrogens is 378 g/mol. The summed E-state index contributed by atoms with van der Waals surface area (Å²) in [5.74, 6) is 2.04. The van der Waals surface area contributed by atoms with E-state index >= 15 is 0 Å². The highest BCUT2D eigenvalue weighted by Gasteiger charge is 2.12. The maximum absolute atomic E-state index is 5.84. The summed E-state index contributed by atoms with van der Waals surface area (Å²) in [6, 6.07) is 11.0. The molecule has 0 amide bonds. The van der Waals surface area contributed by atoms with Crippen molar-refractivity contribution in [2.24, 2.45) is 0 Å². The number of aromatic nitrogens is 5. The van der Waals surface area contributed by atoms with Crippen molar-refractivity contribution in [1.29, 1.82) is 0 Å². The summed E-state index contributed by atoms with van der Waals surface area (Å²) in [5, 5.41) is 0.440. The smallest absolute Gasteiger partial charge is 0.139 e. The van der Waals surface area contributed by atoms with Crippen molar-refractivity contribution in [1.82, 2.24) is 24.9 Å². The van der Waals surface area contributed by atoms with Crippen LogP contribution in [-0.4, -0.2) is 32.0 Å². The molecule has 7 nitrogen and oxygen atoms in total. The molecule has 4 aromatic rings. The number of ether oxygens (including phenoxy) is 2. The Morgan fingerprint density at radius 1 is 1.11 bits per heavy atom. The molecule has 140 valence electrons. The Balaban J connectivity index is 1.55. The lowest BCUT2D eigenvalue weighted by molar-refractivity contribution is 0.299. The van der Waals surface area contributed by atoms with Crippen molar-refractivity contribution in [3.8, 4) is 34.1 Å². The lowest BCUT2D eigenvalue weighted by Gasteiger charge is -2.10. The van der Waals surface area contributed by atoms with Gasteiger partial charge in [-0.05, 0) is 30.3 Å². The number of aromatic amines is 1. The van der Waals surface area contributed by atoms with Crippen molar-refractivity contribution in [3.63, 3.8) is 0 Å². The number of nitrogens with zero attached hydrogens (tertiary/aromatic N) is 4. The molecule has 1 aromatic carbocycles. The van der Waals surface area contributed by atoms with Gasteiger partial charge in [0.25, 0.3) is 0 Å². The van der Waals surface area contributed by atoms with Crippen molar-refractivity contribution in [3.05, 3.63) is 72.2 Å². The van der Waals surface area contributed by atoms with E-state index in [1.54, 1.807) is 25.6 Å². The SMILES string of the molecule is COc1cc(OCc2ccncn2)ccc1-c1c[nH]c(-c2ccc(Cl)nc2)n1. The van der Waals surface area contributed by atoms with E-state index in [4.69, 9.17) is 21.1 Å². The third-order valence-corrected chi connectivity index (χ3v) is 4.28. The minimum absolute atomic E-state index is 0.348. The van der Waals surface area contributed by atoms with Crippen molar-refractivity contribution >= 4 is 11.6 Å². The second kappa shape index (κ2) is 8.06. The fourth-order valence-corrected chi connectivity index (χ4v) is 2.77. The van der Waals surface area contributed by atoms with E-state index in [9.17, 15) is 0 Å². The van der Waals surface area contributed by atoms with Gasteiger partial charge in [0, 0.05) is 35.8 Å². The van der Waals surface area contributed by atoms with Gasteiger partial charge in [0.05, 0.1) is 18.5 Å². The minimum Gasteiger partial charge on any atom is -0.496 e. The largest absolute Gasteiger partial charge is 0.496 e. The monoisotopic (exact) mass is 393 g/mol. The molecule has 0 saturated heterocycles. The van der Waals surface area contributed by atoms with Crippen LogP contribution >= 0.6 is 11.6 Å². The van der Waals surface area contributed by atoms with Crippen LogP contribution in [0.4, 0.5) is 0 Å². The Morgan fingerprint density at radius 3 is 2.79 bits per heavy atom. The highest BCUT2D eigenvalue weighted by Crippen LogP contribution is 2.33. The van der Waals surface area contributed by atoms with Crippen LogP contribution in [0.5, 0.6) is 11.5 Å². The van der Waals surface area contributed by atoms with Crippen molar-refractivity contribution in [2.75, 3.05) is 7.11 Å². The summed E-state index contributed by atoms with van der Waals surface area (Å²) in [7, 11) is 1.61. The van der Waals surface area contributed by atoms with Crippen molar-refractivity contribution < 1.29 is 9.47 Å². The lowest BCUT2D eigenvalue weighted by atomic mass is 10.1. The summed E-state index contributed by atoms with van der Waals surface area (Å²) in [6.45, 7) is 0.348. The van der Waals surface area contributed by atoms with Gasteiger partial charge < -0.3 is 14.5 Å². The fourth-order valence-electron chi connectivity index (χ4n) is 2.66. The third kappa shape index (κ3) is 3.94. The Morgan fingerprint density at radius 2 is 2.04 bits per heavy atom. The van der Waals surface area contributed by atoms with E-state index in [1.807, 2.05) is 36.5 Å². The zero-order valence-electron chi connectivity index (χ0n) is 15.0. The van der Waals surface area contributed by atoms with Crippen LogP contribution in [0.25, 0.3) is 22.6 Å². The molecule has 0 unspecified atom stereocenters. The molecule has 0 bridgehead atoms. The molecule has 0 aliphatic heterocycles. The first-order chi connectivity index (χ1) is 13.7. The molecule has 0 saturated carbocycles. The molecule has 1 N–H and O–H groups in total. The van der Waals surface area contributed by atoms with Gasteiger partial charge in [-0.25, -0.2) is 19.9 Å². The predicted molar refractivity (Wildman–Crippen MR) is 105 cm³/mol. The van der Waals surface area contributed by atoms with Crippen LogP contribution in [0.2, 0.25) is 5.15 Å². The van der Waals surface area contributed by atoms with Gasteiger partial charge in [-0.1, -0.05) is 11.6 Å². The summed E-state index contributed by atoms with van der Waals surface area (Å²) in [6.07, 6.45) is 6.67. The number of rotatable bonds is 6. The molecule has 0 spiro atoms. The predicted octanol–water partition coefficient (Wildman–Crippen LogP) is 4.17. The Kier molecular flexibility index (Phi) is 5.16. The summed E-state index contributed by atoms with van der Waals surface area (Å²) in [4.78, 5) is 19.9. The quantitative estimate of drug-likeness (QED) is 0.495. The van der Waals surface area contributed by atoms with E-state index in [0.29, 0.717) is 29.1 Å². The topological polar surface area (TPSA) is 85.8 Å². The van der Waals surface area contributed by atoms with Crippen LogP contribution in [0.15, 0.2) is 61.3 Å². The minimum atomic E-state index is 0.348. The van der Waals surface area contributed by atoms with Crippen LogP contribution in [-0.2, 0) is 6.61 Å². The van der Waals surface area contributed by atoms with Crippen molar-refractivity contribution in [2.45, 2.75) is 6.61 Å². The molecule has 0 radical (unpaired) electrons. The second-order valence-electron chi connectivity index (χ2n) is 5.86. The molecule has 0 atom stereocenters. The zero-order chi connectivity index (χ0) is 19.3. The van der Waals surface area contributed by atoms with E-state index in [0.717, 1.165) is 22.5 Å². The maximum atomic E-state index is 5.84. The summed E-state index contributed by atoms with van der Waals surface area (Å²) >= 11 is 5.84. The standard InChI is InChI=1S/C20H16ClN5O2/c1-27-18-8-15(28-11-14-6-7-22-12-25-14)3-4-16(18)17-10-24-20(26-17)13-2-5-19(21)23-9-13/h2-10,12H,11H2,1H3,(H,24,26). The van der Waals surface area contributed by atoms with Gasteiger partial charge in [-0.3, -0.25) is 0 Å². The average Bonchev–Trinajstić information content (AvgIpc) is 3.23. The zero-order valence-corrected chi connectivity index (χ0v) is 15.7. The molecule has 3 heterocycles.